The van der Waals surface area contributed by atoms with Crippen molar-refractivity contribution in [2.75, 3.05) is 13.1 Å². The van der Waals surface area contributed by atoms with Gasteiger partial charge in [-0.1, -0.05) is 57.5 Å². The second kappa shape index (κ2) is 10.1. The summed E-state index contributed by atoms with van der Waals surface area (Å²) in [6.45, 7) is 8.49. The molecule has 0 radical (unpaired) electrons. The van der Waals surface area contributed by atoms with Gasteiger partial charge in [0, 0.05) is 35.8 Å². The monoisotopic (exact) mass is 469 g/mol. The van der Waals surface area contributed by atoms with Gasteiger partial charge in [-0.15, -0.1) is 0 Å². The Balaban J connectivity index is 1.71. The van der Waals surface area contributed by atoms with E-state index in [1.54, 1.807) is 41.4 Å². The van der Waals surface area contributed by atoms with Gasteiger partial charge in [0.1, 0.15) is 6.04 Å². The minimum Gasteiger partial charge on any atom is -0.384 e. The van der Waals surface area contributed by atoms with E-state index in [0.717, 1.165) is 5.56 Å². The van der Waals surface area contributed by atoms with Crippen molar-refractivity contribution in [3.8, 4) is 0 Å². The third kappa shape index (κ3) is 5.63. The van der Waals surface area contributed by atoms with Crippen molar-refractivity contribution in [3.05, 3.63) is 71.0 Å². The number of carbonyl (C=O) groups excluding carboxylic acids is 2. The van der Waals surface area contributed by atoms with E-state index in [0.29, 0.717) is 30.2 Å². The van der Waals surface area contributed by atoms with Gasteiger partial charge < -0.3 is 15.3 Å². The molecule has 0 saturated carbocycles. The van der Waals surface area contributed by atoms with Crippen molar-refractivity contribution in [2.24, 2.45) is 11.3 Å². The van der Waals surface area contributed by atoms with Crippen LogP contribution in [0.1, 0.15) is 45.4 Å². The maximum absolute atomic E-state index is 13.4. The maximum atomic E-state index is 13.4. The van der Waals surface area contributed by atoms with Crippen molar-refractivity contribution in [1.29, 1.82) is 0 Å². The maximum Gasteiger partial charge on any atom is 0.245 e. The number of hydrogen-bond donors (Lipinski definition) is 2. The van der Waals surface area contributed by atoms with Crippen molar-refractivity contribution in [3.63, 3.8) is 0 Å². The molecule has 0 bridgehead atoms. The highest BCUT2D eigenvalue weighted by molar-refractivity contribution is 6.30. The van der Waals surface area contributed by atoms with Gasteiger partial charge in [-0.3, -0.25) is 14.6 Å². The second-order valence-corrected chi connectivity index (χ2v) is 10.0. The molecular formula is C26H32ClN3O3. The Kier molecular flexibility index (Phi) is 7.60. The summed E-state index contributed by atoms with van der Waals surface area (Å²) < 4.78 is 0. The molecule has 2 heterocycles. The molecule has 6 nitrogen and oxygen atoms in total. The van der Waals surface area contributed by atoms with Crippen molar-refractivity contribution in [2.45, 2.75) is 45.8 Å². The number of benzene rings is 1. The quantitative estimate of drug-likeness (QED) is 0.625. The van der Waals surface area contributed by atoms with E-state index in [9.17, 15) is 14.7 Å². The largest absolute Gasteiger partial charge is 0.384 e. The summed E-state index contributed by atoms with van der Waals surface area (Å²) in [6, 6.07) is 12.0. The lowest BCUT2D eigenvalue weighted by atomic mass is 9.66. The predicted octanol–water partition coefficient (Wildman–Crippen LogP) is 4.04. The summed E-state index contributed by atoms with van der Waals surface area (Å²) in [7, 11) is 0. The molecule has 176 valence electrons. The molecule has 0 spiro atoms. The Labute approximate surface area is 200 Å². The number of aliphatic hydroxyl groups is 1. The van der Waals surface area contributed by atoms with Crippen LogP contribution in [0.2, 0.25) is 5.02 Å². The van der Waals surface area contributed by atoms with Gasteiger partial charge in [-0.2, -0.15) is 0 Å². The van der Waals surface area contributed by atoms with Crippen LogP contribution in [0.25, 0.3) is 6.08 Å². The zero-order chi connectivity index (χ0) is 24.2. The summed E-state index contributed by atoms with van der Waals surface area (Å²) in [6.07, 6.45) is 5.06. The lowest BCUT2D eigenvalue weighted by Gasteiger charge is -2.51. The molecule has 2 amide bonds. The van der Waals surface area contributed by atoms with E-state index < -0.39 is 17.1 Å². The zero-order valence-electron chi connectivity index (χ0n) is 19.6. The molecule has 33 heavy (non-hydrogen) atoms. The number of nitrogens with one attached hydrogen (secondary N) is 1. The van der Waals surface area contributed by atoms with Gasteiger partial charge in [0.05, 0.1) is 11.3 Å². The average molecular weight is 470 g/mol. The van der Waals surface area contributed by atoms with Crippen LogP contribution in [-0.2, 0) is 15.2 Å². The molecule has 2 N–H and O–H groups in total. The van der Waals surface area contributed by atoms with Crippen LogP contribution in [0.5, 0.6) is 0 Å². The normalized spacial score (nSPS) is 21.2. The van der Waals surface area contributed by atoms with Crippen LogP contribution >= 0.6 is 11.6 Å². The van der Waals surface area contributed by atoms with E-state index in [-0.39, 0.29) is 17.7 Å². The third-order valence-corrected chi connectivity index (χ3v) is 6.66. The fourth-order valence-corrected chi connectivity index (χ4v) is 4.44. The number of aromatic nitrogens is 1. The molecule has 2 atom stereocenters. The number of likely N-dealkylation sites (tertiary alicyclic amines) is 1. The highest BCUT2D eigenvalue weighted by Gasteiger charge is 2.50. The van der Waals surface area contributed by atoms with E-state index >= 15 is 0 Å². The van der Waals surface area contributed by atoms with Gasteiger partial charge in [-0.05, 0) is 48.2 Å². The van der Waals surface area contributed by atoms with Crippen molar-refractivity contribution in [1.82, 2.24) is 15.2 Å². The Morgan fingerprint density at radius 2 is 1.88 bits per heavy atom. The molecular weight excluding hydrogens is 438 g/mol. The number of rotatable bonds is 6. The zero-order valence-corrected chi connectivity index (χ0v) is 20.3. The van der Waals surface area contributed by atoms with E-state index in [2.05, 4.69) is 10.3 Å². The van der Waals surface area contributed by atoms with Gasteiger partial charge in [0.25, 0.3) is 0 Å². The van der Waals surface area contributed by atoms with E-state index in [1.165, 1.54) is 6.08 Å². The Morgan fingerprint density at radius 3 is 2.45 bits per heavy atom. The minimum absolute atomic E-state index is 0.0927. The SMILES string of the molecule is CC(C)[C@@H](NC(=O)/C=C/c1ccccn1)C(=O)N1CC[C@](O)(c2ccc(Cl)cc2)C(C)(C)C1. The van der Waals surface area contributed by atoms with Gasteiger partial charge in [0.15, 0.2) is 0 Å². The molecule has 1 fully saturated rings. The number of nitrogens with zero attached hydrogens (tertiary/aromatic N) is 2. The third-order valence-electron chi connectivity index (χ3n) is 6.41. The van der Waals surface area contributed by atoms with Crippen LogP contribution in [0.3, 0.4) is 0 Å². The smallest absolute Gasteiger partial charge is 0.245 e. The molecule has 1 aliphatic rings. The number of hydrogen-bond acceptors (Lipinski definition) is 4. The fraction of sp³-hybridized carbons (Fsp3) is 0.423. The van der Waals surface area contributed by atoms with Crippen LogP contribution in [-0.4, -0.2) is 45.9 Å². The second-order valence-electron chi connectivity index (χ2n) is 9.58. The number of halogens is 1. The molecule has 1 aliphatic heterocycles. The lowest BCUT2D eigenvalue weighted by molar-refractivity contribution is -0.156. The van der Waals surface area contributed by atoms with Gasteiger partial charge in [-0.25, -0.2) is 0 Å². The highest BCUT2D eigenvalue weighted by Crippen LogP contribution is 2.46. The molecule has 7 heteroatoms. The Hall–Kier alpha value is -2.70. The first-order valence-electron chi connectivity index (χ1n) is 11.2. The van der Waals surface area contributed by atoms with Crippen molar-refractivity contribution >= 4 is 29.5 Å². The number of piperidine rings is 1. The molecule has 1 aromatic carbocycles. The summed E-state index contributed by atoms with van der Waals surface area (Å²) in [5, 5.41) is 15.0. The van der Waals surface area contributed by atoms with Crippen LogP contribution in [0.15, 0.2) is 54.7 Å². The molecule has 2 aromatic rings. The molecule has 0 unspecified atom stereocenters. The first-order chi connectivity index (χ1) is 15.5. The first-order valence-corrected chi connectivity index (χ1v) is 11.6. The summed E-state index contributed by atoms with van der Waals surface area (Å²) in [4.78, 5) is 31.8. The topological polar surface area (TPSA) is 82.5 Å². The van der Waals surface area contributed by atoms with Crippen LogP contribution in [0.4, 0.5) is 0 Å². The number of carbonyl (C=O) groups is 2. The molecule has 0 aliphatic carbocycles. The molecule has 3 rings (SSSR count). The van der Waals surface area contributed by atoms with Crippen molar-refractivity contribution < 1.29 is 14.7 Å². The van der Waals surface area contributed by atoms with Crippen LogP contribution < -0.4 is 5.32 Å². The Bertz CT molecular complexity index is 1010. The summed E-state index contributed by atoms with van der Waals surface area (Å²) in [5.74, 6) is -0.581. The number of amides is 2. The minimum atomic E-state index is -1.09. The lowest BCUT2D eigenvalue weighted by Crippen LogP contribution is -2.60. The molecule has 1 saturated heterocycles. The summed E-state index contributed by atoms with van der Waals surface area (Å²) in [5.41, 5.74) is -0.230. The summed E-state index contributed by atoms with van der Waals surface area (Å²) >= 11 is 6.02. The predicted molar refractivity (Wildman–Crippen MR) is 130 cm³/mol. The van der Waals surface area contributed by atoms with E-state index in [4.69, 9.17) is 11.6 Å². The Morgan fingerprint density at radius 1 is 1.18 bits per heavy atom. The van der Waals surface area contributed by atoms with Gasteiger partial charge >= 0.3 is 0 Å². The standard InChI is InChI=1S/C26H32ClN3O3/c1-18(2)23(29-22(31)13-12-21-7-5-6-15-28-21)24(32)30-16-14-26(33,25(3,4)17-30)19-8-10-20(27)11-9-19/h5-13,15,18,23,33H,14,16-17H2,1-4H3,(H,29,31)/b13-12+/t23-,26+/m1/s1. The number of pyridine rings is 1. The average Bonchev–Trinajstić information content (AvgIpc) is 2.78. The highest BCUT2D eigenvalue weighted by atomic mass is 35.5. The van der Waals surface area contributed by atoms with Crippen LogP contribution in [0, 0.1) is 11.3 Å². The molecule has 1 aromatic heterocycles. The van der Waals surface area contributed by atoms with E-state index in [1.807, 2.05) is 45.9 Å². The fourth-order valence-electron chi connectivity index (χ4n) is 4.32. The first kappa shape index (κ1) is 24.9. The van der Waals surface area contributed by atoms with Gasteiger partial charge in [0.2, 0.25) is 11.8 Å².